The van der Waals surface area contributed by atoms with Crippen molar-refractivity contribution in [2.45, 2.75) is 32.0 Å². The van der Waals surface area contributed by atoms with Crippen LogP contribution in [-0.2, 0) is 18.6 Å². The fourth-order valence-corrected chi connectivity index (χ4v) is 3.99. The number of fused-ring (bicyclic) bond motifs is 1. The predicted molar refractivity (Wildman–Crippen MR) is 120 cm³/mol. The number of ether oxygens (including phenoxy) is 2. The van der Waals surface area contributed by atoms with Crippen LogP contribution in [0.25, 0.3) is 10.8 Å². The van der Waals surface area contributed by atoms with Crippen molar-refractivity contribution in [3.63, 3.8) is 0 Å². The van der Waals surface area contributed by atoms with Gasteiger partial charge in [0.25, 0.3) is 0 Å². The Kier molecular flexibility index (Phi) is 7.80. The molecule has 14 heteroatoms. The monoisotopic (exact) mass is 598 g/mol. The Bertz CT molecular complexity index is 1630. The summed E-state index contributed by atoms with van der Waals surface area (Å²) in [5.74, 6) is -18.2. The van der Waals surface area contributed by atoms with Gasteiger partial charge in [0, 0.05) is 18.2 Å². The van der Waals surface area contributed by atoms with Gasteiger partial charge < -0.3 is 9.47 Å². The molecule has 4 aromatic carbocycles. The number of hydrogen-bond acceptors (Lipinski definition) is 2. The molecule has 0 aromatic heterocycles. The summed E-state index contributed by atoms with van der Waals surface area (Å²) in [5, 5.41) is -1.92. The van der Waals surface area contributed by atoms with Crippen LogP contribution in [0.5, 0.6) is 11.5 Å². The van der Waals surface area contributed by atoms with E-state index in [2.05, 4.69) is 9.47 Å². The van der Waals surface area contributed by atoms with E-state index in [-0.39, 0.29) is 36.2 Å². The topological polar surface area (TPSA) is 18.5 Å². The Hall–Kier alpha value is -4.10. The van der Waals surface area contributed by atoms with Crippen LogP contribution in [0.2, 0.25) is 0 Å². The minimum atomic E-state index is -4.99. The zero-order chi connectivity index (χ0) is 30.4. The van der Waals surface area contributed by atoms with Gasteiger partial charge >= 0.3 is 12.2 Å². The first-order valence-electron chi connectivity index (χ1n) is 11.4. The van der Waals surface area contributed by atoms with Crippen molar-refractivity contribution in [3.05, 3.63) is 106 Å². The second-order valence-corrected chi connectivity index (χ2v) is 8.64. The molecule has 41 heavy (non-hydrogen) atoms. The molecule has 0 amide bonds. The van der Waals surface area contributed by atoms with Crippen LogP contribution in [0, 0.1) is 46.5 Å². The van der Waals surface area contributed by atoms with E-state index < -0.39 is 92.2 Å². The molecule has 4 aromatic rings. The number of halogens is 12. The van der Waals surface area contributed by atoms with E-state index >= 15 is 0 Å². The van der Waals surface area contributed by atoms with Gasteiger partial charge in [-0.05, 0) is 35.6 Å². The van der Waals surface area contributed by atoms with Crippen LogP contribution in [0.4, 0.5) is 52.7 Å². The van der Waals surface area contributed by atoms with Crippen LogP contribution in [0.15, 0.2) is 42.5 Å². The standard InChI is InChI=1S/C27H14F12O2/c1-2-3-11-4-5-15(23(33)22(11)32)26(36,37)40-14-9-17(29)21(18(30)10-14)27(38,39)41-13-6-12-7-19(31)24(34)25(35)20(12)16(28)8-13/h4-10H,2-3H2,1H3. The van der Waals surface area contributed by atoms with Gasteiger partial charge in [0.2, 0.25) is 0 Å². The number of benzene rings is 4. The number of hydrogen-bond donors (Lipinski definition) is 0. The van der Waals surface area contributed by atoms with E-state index in [9.17, 15) is 52.7 Å². The average molecular weight is 598 g/mol. The van der Waals surface area contributed by atoms with Crippen molar-refractivity contribution in [1.82, 2.24) is 0 Å². The summed E-state index contributed by atoms with van der Waals surface area (Å²) in [4.78, 5) is 0. The molecule has 0 unspecified atom stereocenters. The van der Waals surface area contributed by atoms with Crippen LogP contribution in [-0.4, -0.2) is 0 Å². The first-order valence-corrected chi connectivity index (χ1v) is 11.4. The van der Waals surface area contributed by atoms with Crippen LogP contribution < -0.4 is 9.47 Å². The van der Waals surface area contributed by atoms with Gasteiger partial charge in [-0.25, -0.2) is 35.1 Å². The Morgan fingerprint density at radius 1 is 0.585 bits per heavy atom. The van der Waals surface area contributed by atoms with E-state index in [1.807, 2.05) is 0 Å². The average Bonchev–Trinajstić information content (AvgIpc) is 2.83. The molecule has 0 fully saturated rings. The van der Waals surface area contributed by atoms with Crippen LogP contribution >= 0.6 is 0 Å². The molecule has 0 saturated carbocycles. The maximum absolute atomic E-state index is 14.7. The third-order valence-electron chi connectivity index (χ3n) is 5.79. The molecular weight excluding hydrogens is 584 g/mol. The second-order valence-electron chi connectivity index (χ2n) is 8.64. The molecule has 0 N–H and O–H groups in total. The van der Waals surface area contributed by atoms with Gasteiger partial charge in [0.05, 0.1) is 5.39 Å². The van der Waals surface area contributed by atoms with Crippen molar-refractivity contribution in [1.29, 1.82) is 0 Å². The van der Waals surface area contributed by atoms with E-state index in [0.717, 1.165) is 6.07 Å². The van der Waals surface area contributed by atoms with Crippen molar-refractivity contribution >= 4 is 10.8 Å². The molecule has 0 aliphatic carbocycles. The van der Waals surface area contributed by atoms with Gasteiger partial charge in [0.15, 0.2) is 29.1 Å². The fourth-order valence-electron chi connectivity index (χ4n) is 3.99. The van der Waals surface area contributed by atoms with E-state index in [1.165, 1.54) is 0 Å². The van der Waals surface area contributed by atoms with Crippen molar-refractivity contribution in [3.8, 4) is 11.5 Å². The molecule has 0 aliphatic heterocycles. The predicted octanol–water partition coefficient (Wildman–Crippen LogP) is 9.16. The van der Waals surface area contributed by atoms with Crippen LogP contribution in [0.3, 0.4) is 0 Å². The van der Waals surface area contributed by atoms with Crippen molar-refractivity contribution in [2.75, 3.05) is 0 Å². The summed E-state index contributed by atoms with van der Waals surface area (Å²) in [5.41, 5.74) is -4.03. The molecule has 4 rings (SSSR count). The number of alkyl halides is 4. The largest absolute Gasteiger partial charge is 0.432 e. The molecule has 0 spiro atoms. The molecule has 0 aliphatic rings. The van der Waals surface area contributed by atoms with E-state index in [4.69, 9.17) is 0 Å². The Labute approximate surface area is 222 Å². The van der Waals surface area contributed by atoms with Gasteiger partial charge in [0.1, 0.15) is 40.1 Å². The highest BCUT2D eigenvalue weighted by Crippen LogP contribution is 2.40. The number of aryl methyl sites for hydroxylation is 1. The van der Waals surface area contributed by atoms with Gasteiger partial charge in [-0.3, -0.25) is 0 Å². The zero-order valence-electron chi connectivity index (χ0n) is 20.3. The molecule has 2 nitrogen and oxygen atoms in total. The molecule has 0 radical (unpaired) electrons. The van der Waals surface area contributed by atoms with Gasteiger partial charge in [-0.1, -0.05) is 19.4 Å². The molecule has 0 saturated heterocycles. The van der Waals surface area contributed by atoms with Gasteiger partial charge in [-0.2, -0.15) is 17.6 Å². The Morgan fingerprint density at radius 2 is 1.15 bits per heavy atom. The summed E-state index contributed by atoms with van der Waals surface area (Å²) in [6, 6.07) is 1.86. The zero-order valence-corrected chi connectivity index (χ0v) is 20.3. The van der Waals surface area contributed by atoms with Crippen molar-refractivity contribution < 1.29 is 62.2 Å². The first-order chi connectivity index (χ1) is 19.1. The molecule has 0 heterocycles. The molecule has 218 valence electrons. The van der Waals surface area contributed by atoms with Gasteiger partial charge in [-0.15, -0.1) is 0 Å². The number of rotatable bonds is 8. The Balaban J connectivity index is 1.65. The lowest BCUT2D eigenvalue weighted by Crippen LogP contribution is -2.27. The highest BCUT2D eigenvalue weighted by atomic mass is 19.3. The normalized spacial score (nSPS) is 12.2. The summed E-state index contributed by atoms with van der Waals surface area (Å²) >= 11 is 0. The quantitative estimate of drug-likeness (QED) is 0.149. The lowest BCUT2D eigenvalue weighted by Gasteiger charge is -2.22. The maximum Gasteiger partial charge on any atom is 0.432 e. The summed E-state index contributed by atoms with van der Waals surface area (Å²) in [6.07, 6.45) is -9.34. The van der Waals surface area contributed by atoms with E-state index in [1.54, 1.807) is 6.92 Å². The molecule has 0 bridgehead atoms. The highest BCUT2D eigenvalue weighted by Gasteiger charge is 2.43. The minimum Gasteiger partial charge on any atom is -0.429 e. The maximum atomic E-state index is 14.7. The smallest absolute Gasteiger partial charge is 0.429 e. The summed E-state index contributed by atoms with van der Waals surface area (Å²) in [7, 11) is 0. The molecule has 0 atom stereocenters. The fraction of sp³-hybridized carbons (Fsp3) is 0.185. The lowest BCUT2D eigenvalue weighted by molar-refractivity contribution is -0.191. The minimum absolute atomic E-state index is 0.0157. The Morgan fingerprint density at radius 3 is 1.76 bits per heavy atom. The van der Waals surface area contributed by atoms with E-state index in [0.29, 0.717) is 18.6 Å². The van der Waals surface area contributed by atoms with Crippen molar-refractivity contribution in [2.24, 2.45) is 0 Å². The third kappa shape index (κ3) is 5.59. The first kappa shape index (κ1) is 29.9. The summed E-state index contributed by atoms with van der Waals surface area (Å²) in [6.45, 7) is 1.62. The SMILES string of the molecule is CCCc1ccc(C(F)(F)Oc2cc(F)c(C(F)(F)Oc3cc(F)c4c(F)c(F)c(F)cc4c3)c(F)c2)c(F)c1F. The van der Waals surface area contributed by atoms with Crippen LogP contribution in [0.1, 0.15) is 30.0 Å². The highest BCUT2D eigenvalue weighted by molar-refractivity contribution is 5.85. The lowest BCUT2D eigenvalue weighted by atomic mass is 10.1. The molecular formula is C27H14F12O2. The summed E-state index contributed by atoms with van der Waals surface area (Å²) < 4.78 is 179. The second kappa shape index (κ2) is 10.7. The third-order valence-corrected chi connectivity index (χ3v) is 5.79.